The minimum Gasteiger partial charge on any atom is -0.341 e. The fourth-order valence-corrected chi connectivity index (χ4v) is 3.69. The van der Waals surface area contributed by atoms with Gasteiger partial charge in [-0.1, -0.05) is 29.8 Å². The standard InChI is InChI=1S/C21H29N7/c1-17-8-10-18(11-9-17)16-22-26-19-23-20(27-12-4-2-5-13-27)25-21(24-19)28-14-6-3-7-15-28/h8-11,16H,2-7,12-15H2,1H3,(H,23,24,25,26)/b22-16-. The second kappa shape index (κ2) is 8.99. The molecule has 2 fully saturated rings. The number of aryl methyl sites for hydroxylation is 1. The van der Waals surface area contributed by atoms with Crippen LogP contribution in [-0.2, 0) is 0 Å². The average molecular weight is 380 g/mol. The largest absolute Gasteiger partial charge is 0.341 e. The topological polar surface area (TPSA) is 69.5 Å². The molecule has 0 saturated carbocycles. The summed E-state index contributed by atoms with van der Waals surface area (Å²) in [4.78, 5) is 18.6. The van der Waals surface area contributed by atoms with Crippen LogP contribution in [0.4, 0.5) is 17.8 Å². The normalized spacial score (nSPS) is 17.9. The maximum atomic E-state index is 4.79. The molecular formula is C21H29N7. The number of hydrogen-bond acceptors (Lipinski definition) is 7. The van der Waals surface area contributed by atoms with Gasteiger partial charge in [0.25, 0.3) is 0 Å². The smallest absolute Gasteiger partial charge is 0.250 e. The number of benzene rings is 1. The number of hydrazone groups is 1. The maximum Gasteiger partial charge on any atom is 0.250 e. The SMILES string of the molecule is Cc1ccc(/C=N\Nc2nc(N3CCCCC3)nc(N3CCCCC3)n2)cc1. The van der Waals surface area contributed by atoms with Gasteiger partial charge in [-0.2, -0.15) is 20.1 Å². The van der Waals surface area contributed by atoms with E-state index >= 15 is 0 Å². The predicted molar refractivity (Wildman–Crippen MR) is 114 cm³/mol. The van der Waals surface area contributed by atoms with E-state index in [0.29, 0.717) is 5.95 Å². The van der Waals surface area contributed by atoms with Crippen LogP contribution in [0.1, 0.15) is 49.7 Å². The van der Waals surface area contributed by atoms with Crippen molar-refractivity contribution in [3.05, 3.63) is 35.4 Å². The summed E-state index contributed by atoms with van der Waals surface area (Å²) in [5, 5.41) is 4.35. The van der Waals surface area contributed by atoms with Crippen molar-refractivity contribution in [2.24, 2.45) is 5.10 Å². The van der Waals surface area contributed by atoms with Gasteiger partial charge in [-0.05, 0) is 51.0 Å². The highest BCUT2D eigenvalue weighted by molar-refractivity contribution is 5.80. The van der Waals surface area contributed by atoms with Crippen molar-refractivity contribution < 1.29 is 0 Å². The number of rotatable bonds is 5. The van der Waals surface area contributed by atoms with Gasteiger partial charge in [0.2, 0.25) is 17.8 Å². The van der Waals surface area contributed by atoms with Crippen LogP contribution in [0.2, 0.25) is 0 Å². The lowest BCUT2D eigenvalue weighted by Crippen LogP contribution is -2.34. The molecule has 2 aliphatic heterocycles. The van der Waals surface area contributed by atoms with E-state index in [1.807, 2.05) is 12.1 Å². The summed E-state index contributed by atoms with van der Waals surface area (Å²) in [6.45, 7) is 6.12. The minimum atomic E-state index is 0.513. The number of aromatic nitrogens is 3. The Hall–Kier alpha value is -2.70. The van der Waals surface area contributed by atoms with Crippen molar-refractivity contribution in [2.45, 2.75) is 45.4 Å². The molecule has 2 saturated heterocycles. The Bertz CT molecular complexity index is 755. The molecule has 0 aliphatic carbocycles. The van der Waals surface area contributed by atoms with Crippen LogP contribution in [0.15, 0.2) is 29.4 Å². The Morgan fingerprint density at radius 1 is 0.786 bits per heavy atom. The summed E-state index contributed by atoms with van der Waals surface area (Å²) >= 11 is 0. The van der Waals surface area contributed by atoms with Crippen LogP contribution in [-0.4, -0.2) is 47.3 Å². The quantitative estimate of drug-likeness (QED) is 0.632. The summed E-state index contributed by atoms with van der Waals surface area (Å²) in [5.74, 6) is 2.05. The molecule has 28 heavy (non-hydrogen) atoms. The van der Waals surface area contributed by atoms with Gasteiger partial charge < -0.3 is 9.80 Å². The summed E-state index contributed by atoms with van der Waals surface area (Å²) in [5.41, 5.74) is 5.30. The highest BCUT2D eigenvalue weighted by Gasteiger charge is 2.20. The summed E-state index contributed by atoms with van der Waals surface area (Å²) in [7, 11) is 0. The van der Waals surface area contributed by atoms with Crippen molar-refractivity contribution >= 4 is 24.1 Å². The van der Waals surface area contributed by atoms with Gasteiger partial charge in [-0.15, -0.1) is 0 Å². The molecule has 0 bridgehead atoms. The van der Waals surface area contributed by atoms with E-state index in [-0.39, 0.29) is 0 Å². The Kier molecular flexibility index (Phi) is 5.99. The van der Waals surface area contributed by atoms with Gasteiger partial charge in [0.05, 0.1) is 6.21 Å². The number of anilines is 3. The van der Waals surface area contributed by atoms with Gasteiger partial charge in [-0.3, -0.25) is 0 Å². The van der Waals surface area contributed by atoms with Gasteiger partial charge in [-0.25, -0.2) is 5.43 Å². The highest BCUT2D eigenvalue weighted by atomic mass is 15.4. The molecule has 0 amide bonds. The number of piperidine rings is 2. The Balaban J connectivity index is 1.54. The molecule has 1 N–H and O–H groups in total. The monoisotopic (exact) mass is 379 g/mol. The fourth-order valence-electron chi connectivity index (χ4n) is 3.69. The first kappa shape index (κ1) is 18.7. The van der Waals surface area contributed by atoms with Crippen molar-refractivity contribution in [1.82, 2.24) is 15.0 Å². The van der Waals surface area contributed by atoms with Crippen LogP contribution in [0, 0.1) is 6.92 Å². The second-order valence-corrected chi connectivity index (χ2v) is 7.64. The summed E-state index contributed by atoms with van der Waals surface area (Å²) < 4.78 is 0. The van der Waals surface area contributed by atoms with Crippen molar-refractivity contribution in [2.75, 3.05) is 41.4 Å². The van der Waals surface area contributed by atoms with Gasteiger partial charge in [0, 0.05) is 26.2 Å². The molecule has 3 heterocycles. The Labute approximate surface area is 166 Å². The number of nitrogens with one attached hydrogen (secondary N) is 1. The van der Waals surface area contributed by atoms with E-state index in [1.165, 1.54) is 44.1 Å². The van der Waals surface area contributed by atoms with E-state index in [2.05, 4.69) is 49.4 Å². The molecule has 4 rings (SSSR count). The van der Waals surface area contributed by atoms with Crippen LogP contribution in [0.5, 0.6) is 0 Å². The summed E-state index contributed by atoms with van der Waals surface area (Å²) in [6.07, 6.45) is 9.14. The van der Waals surface area contributed by atoms with Crippen molar-refractivity contribution in [3.63, 3.8) is 0 Å². The third-order valence-electron chi connectivity index (χ3n) is 5.35. The van der Waals surface area contributed by atoms with E-state index in [4.69, 9.17) is 4.98 Å². The number of hydrogen-bond donors (Lipinski definition) is 1. The third-order valence-corrected chi connectivity index (χ3v) is 5.35. The molecule has 0 atom stereocenters. The Morgan fingerprint density at radius 3 is 1.86 bits per heavy atom. The molecule has 1 aromatic carbocycles. The second-order valence-electron chi connectivity index (χ2n) is 7.64. The first-order valence-corrected chi connectivity index (χ1v) is 10.4. The van der Waals surface area contributed by atoms with Gasteiger partial charge in [0.1, 0.15) is 0 Å². The van der Waals surface area contributed by atoms with Crippen LogP contribution >= 0.6 is 0 Å². The maximum absolute atomic E-state index is 4.79. The lowest BCUT2D eigenvalue weighted by atomic mass is 10.1. The lowest BCUT2D eigenvalue weighted by molar-refractivity contribution is 0.556. The lowest BCUT2D eigenvalue weighted by Gasteiger charge is -2.30. The molecule has 2 aromatic rings. The van der Waals surface area contributed by atoms with E-state index in [1.54, 1.807) is 6.21 Å². The van der Waals surface area contributed by atoms with Crippen LogP contribution in [0.3, 0.4) is 0 Å². The molecule has 7 heteroatoms. The zero-order chi connectivity index (χ0) is 19.2. The first-order chi connectivity index (χ1) is 13.8. The average Bonchev–Trinajstić information content (AvgIpc) is 2.76. The van der Waals surface area contributed by atoms with Crippen LogP contribution < -0.4 is 15.2 Å². The van der Waals surface area contributed by atoms with Crippen molar-refractivity contribution in [1.29, 1.82) is 0 Å². The zero-order valence-corrected chi connectivity index (χ0v) is 16.6. The fraction of sp³-hybridized carbons (Fsp3) is 0.524. The van der Waals surface area contributed by atoms with E-state index < -0.39 is 0 Å². The van der Waals surface area contributed by atoms with Gasteiger partial charge >= 0.3 is 0 Å². The molecule has 1 aromatic heterocycles. The molecule has 2 aliphatic rings. The van der Waals surface area contributed by atoms with E-state index in [0.717, 1.165) is 43.6 Å². The molecule has 7 nitrogen and oxygen atoms in total. The molecular weight excluding hydrogens is 350 g/mol. The Morgan fingerprint density at radius 2 is 1.32 bits per heavy atom. The number of nitrogens with zero attached hydrogens (tertiary/aromatic N) is 6. The summed E-state index contributed by atoms with van der Waals surface area (Å²) in [6, 6.07) is 8.25. The third kappa shape index (κ3) is 4.77. The van der Waals surface area contributed by atoms with Crippen molar-refractivity contribution in [3.8, 4) is 0 Å². The molecule has 148 valence electrons. The van der Waals surface area contributed by atoms with E-state index in [9.17, 15) is 0 Å². The van der Waals surface area contributed by atoms with Gasteiger partial charge in [0.15, 0.2) is 0 Å². The predicted octanol–water partition coefficient (Wildman–Crippen LogP) is 3.61. The molecule has 0 spiro atoms. The zero-order valence-electron chi connectivity index (χ0n) is 16.6. The first-order valence-electron chi connectivity index (χ1n) is 10.4. The molecule has 0 radical (unpaired) electrons. The highest BCUT2D eigenvalue weighted by Crippen LogP contribution is 2.22. The molecule has 0 unspecified atom stereocenters. The van der Waals surface area contributed by atoms with Crippen LogP contribution in [0.25, 0.3) is 0 Å². The minimum absolute atomic E-state index is 0.513.